The molecule has 0 saturated carbocycles. The van der Waals surface area contributed by atoms with Crippen molar-refractivity contribution in [1.29, 1.82) is 0 Å². The lowest BCUT2D eigenvalue weighted by molar-refractivity contribution is 0.0988. The van der Waals surface area contributed by atoms with E-state index in [1.807, 2.05) is 72.8 Å². The molecule has 0 unspecified atom stereocenters. The number of halogens is 1. The third kappa shape index (κ3) is 3.20. The fraction of sp³-hybridized carbons (Fsp3) is 0.120. The van der Waals surface area contributed by atoms with Gasteiger partial charge in [0.05, 0.1) is 26.0 Å². The Bertz CT molecular complexity index is 1290. The van der Waals surface area contributed by atoms with Gasteiger partial charge in [0.1, 0.15) is 17.2 Å². The summed E-state index contributed by atoms with van der Waals surface area (Å²) in [6.07, 6.45) is 0. The number of hydrogen-bond acceptors (Lipinski definition) is 4. The number of aromatic nitrogens is 2. The largest absolute Gasteiger partial charge is 0.497 e. The van der Waals surface area contributed by atoms with Gasteiger partial charge in [-0.2, -0.15) is 5.10 Å². The van der Waals surface area contributed by atoms with Crippen LogP contribution in [0.15, 0.2) is 72.8 Å². The second-order valence-electron chi connectivity index (χ2n) is 7.39. The number of nitrogens with one attached hydrogen (secondary N) is 1. The summed E-state index contributed by atoms with van der Waals surface area (Å²) >= 11 is 6.09. The number of H-pyrrole nitrogens is 1. The topological polar surface area (TPSA) is 67.5 Å². The molecule has 32 heavy (non-hydrogen) atoms. The Morgan fingerprint density at radius 3 is 2.41 bits per heavy atom. The number of methoxy groups -OCH3 is 2. The van der Waals surface area contributed by atoms with Crippen LogP contribution in [0.3, 0.4) is 0 Å². The van der Waals surface area contributed by atoms with E-state index in [9.17, 15) is 4.79 Å². The lowest BCUT2D eigenvalue weighted by Crippen LogP contribution is -2.29. The molecule has 0 aliphatic carbocycles. The fourth-order valence-corrected chi connectivity index (χ4v) is 4.29. The number of nitrogens with zero attached hydrogens (tertiary/aromatic N) is 2. The molecule has 2 heterocycles. The van der Waals surface area contributed by atoms with Gasteiger partial charge in [0, 0.05) is 33.5 Å². The normalized spacial score (nSPS) is 15.0. The first kappa shape index (κ1) is 20.2. The van der Waals surface area contributed by atoms with E-state index in [0.29, 0.717) is 27.9 Å². The molecule has 6 nitrogen and oxygen atoms in total. The van der Waals surface area contributed by atoms with E-state index >= 15 is 0 Å². The molecule has 0 radical (unpaired) electrons. The molecule has 5 rings (SSSR count). The number of hydrogen-bond donors (Lipinski definition) is 1. The van der Waals surface area contributed by atoms with Crippen LogP contribution in [0.5, 0.6) is 11.5 Å². The predicted octanol–water partition coefficient (Wildman–Crippen LogP) is 5.50. The average molecular weight is 446 g/mol. The van der Waals surface area contributed by atoms with Crippen molar-refractivity contribution in [2.24, 2.45) is 0 Å². The van der Waals surface area contributed by atoms with Crippen LogP contribution in [0.4, 0.5) is 5.69 Å². The van der Waals surface area contributed by atoms with E-state index in [1.54, 1.807) is 19.1 Å². The van der Waals surface area contributed by atoms with Gasteiger partial charge in [0.2, 0.25) is 0 Å². The van der Waals surface area contributed by atoms with Crippen molar-refractivity contribution < 1.29 is 14.3 Å². The Kier molecular flexibility index (Phi) is 5.07. The number of rotatable bonds is 5. The molecule has 0 saturated heterocycles. The van der Waals surface area contributed by atoms with Crippen LogP contribution in [0.1, 0.15) is 27.7 Å². The second kappa shape index (κ2) is 8.05. The number of benzene rings is 3. The fourth-order valence-electron chi connectivity index (χ4n) is 4.17. The summed E-state index contributed by atoms with van der Waals surface area (Å²) in [5.74, 6) is 1.15. The van der Waals surface area contributed by atoms with Crippen molar-refractivity contribution in [3.05, 3.63) is 94.6 Å². The van der Waals surface area contributed by atoms with Gasteiger partial charge in [-0.05, 0) is 36.4 Å². The van der Waals surface area contributed by atoms with Crippen LogP contribution in [0, 0.1) is 0 Å². The van der Waals surface area contributed by atoms with Crippen molar-refractivity contribution >= 4 is 23.2 Å². The number of para-hydroxylation sites is 1. The number of carbonyl (C=O) groups excluding carboxylic acids is 1. The highest BCUT2D eigenvalue weighted by atomic mass is 35.5. The first-order chi connectivity index (χ1) is 15.6. The molecule has 4 aromatic rings. The van der Waals surface area contributed by atoms with Gasteiger partial charge in [-0.15, -0.1) is 0 Å². The van der Waals surface area contributed by atoms with E-state index in [-0.39, 0.29) is 5.91 Å². The van der Waals surface area contributed by atoms with Crippen LogP contribution in [0.2, 0.25) is 5.02 Å². The first-order valence-corrected chi connectivity index (χ1v) is 10.4. The molecule has 0 spiro atoms. The molecular formula is C25H20ClN3O3. The zero-order valence-corrected chi connectivity index (χ0v) is 18.3. The van der Waals surface area contributed by atoms with Crippen LogP contribution >= 0.6 is 11.6 Å². The molecule has 1 atom stereocenters. The Morgan fingerprint density at radius 1 is 0.969 bits per heavy atom. The smallest absolute Gasteiger partial charge is 0.277 e. The minimum atomic E-state index is -0.440. The maximum Gasteiger partial charge on any atom is 0.277 e. The summed E-state index contributed by atoms with van der Waals surface area (Å²) < 4.78 is 11.1. The minimum absolute atomic E-state index is 0.151. The van der Waals surface area contributed by atoms with Gasteiger partial charge in [-0.25, -0.2) is 0 Å². The summed E-state index contributed by atoms with van der Waals surface area (Å²) in [6.45, 7) is 0. The van der Waals surface area contributed by atoms with Gasteiger partial charge in [0.15, 0.2) is 0 Å². The lowest BCUT2D eigenvalue weighted by Gasteiger charge is -2.27. The summed E-state index contributed by atoms with van der Waals surface area (Å²) in [5, 5.41) is 8.10. The summed E-state index contributed by atoms with van der Waals surface area (Å²) in [7, 11) is 3.22. The third-order valence-corrected chi connectivity index (χ3v) is 5.91. The molecule has 1 N–H and O–H groups in total. The number of carbonyl (C=O) groups is 1. The number of amides is 1. The van der Waals surface area contributed by atoms with E-state index in [0.717, 1.165) is 22.4 Å². The maximum atomic E-state index is 13.6. The molecule has 3 aromatic carbocycles. The van der Waals surface area contributed by atoms with Crippen molar-refractivity contribution in [1.82, 2.24) is 10.2 Å². The Hall–Kier alpha value is -3.77. The number of aromatic amines is 1. The average Bonchev–Trinajstić information content (AvgIpc) is 3.38. The Morgan fingerprint density at radius 2 is 1.72 bits per heavy atom. The standard InChI is InChI=1S/C25H20ClN3O3/c1-31-18-12-13-19(20(14-18)32-2)24-21-22(15-8-10-16(26)11-9-15)27-28-23(21)25(30)29(24)17-6-4-3-5-7-17/h3-14,24H,1-2H3,(H,27,28)/t24-/m0/s1. The first-order valence-electron chi connectivity index (χ1n) is 10.1. The summed E-state index contributed by atoms with van der Waals surface area (Å²) in [4.78, 5) is 15.3. The molecule has 160 valence electrons. The Balaban J connectivity index is 1.75. The quantitative estimate of drug-likeness (QED) is 0.440. The number of anilines is 1. The van der Waals surface area contributed by atoms with Crippen LogP contribution < -0.4 is 14.4 Å². The molecule has 0 fully saturated rings. The number of fused-ring (bicyclic) bond motifs is 1. The predicted molar refractivity (Wildman–Crippen MR) is 124 cm³/mol. The summed E-state index contributed by atoms with van der Waals surface area (Å²) in [6, 6.07) is 22.2. The zero-order valence-electron chi connectivity index (χ0n) is 17.5. The molecule has 0 bridgehead atoms. The third-order valence-electron chi connectivity index (χ3n) is 5.66. The zero-order chi connectivity index (χ0) is 22.2. The SMILES string of the molecule is COc1ccc([C@H]2c3c(-c4ccc(Cl)cc4)n[nH]c3C(=O)N2c2ccccc2)c(OC)c1. The van der Waals surface area contributed by atoms with Gasteiger partial charge >= 0.3 is 0 Å². The van der Waals surface area contributed by atoms with Crippen LogP contribution in [-0.2, 0) is 0 Å². The lowest BCUT2D eigenvalue weighted by atomic mass is 9.95. The van der Waals surface area contributed by atoms with E-state index < -0.39 is 6.04 Å². The van der Waals surface area contributed by atoms with Crippen molar-refractivity contribution in [2.45, 2.75) is 6.04 Å². The van der Waals surface area contributed by atoms with E-state index in [1.165, 1.54) is 0 Å². The minimum Gasteiger partial charge on any atom is -0.497 e. The Labute approximate surface area is 190 Å². The highest BCUT2D eigenvalue weighted by molar-refractivity contribution is 6.30. The summed E-state index contributed by atoms with van der Waals surface area (Å²) in [5.41, 5.74) is 4.44. The molecule has 1 aliphatic heterocycles. The number of ether oxygens (including phenoxy) is 2. The monoisotopic (exact) mass is 445 g/mol. The van der Waals surface area contributed by atoms with Crippen molar-refractivity contribution in [3.8, 4) is 22.8 Å². The molecule has 1 aliphatic rings. The molecule has 1 aromatic heterocycles. The maximum absolute atomic E-state index is 13.6. The van der Waals surface area contributed by atoms with E-state index in [2.05, 4.69) is 10.2 Å². The van der Waals surface area contributed by atoms with Crippen LogP contribution in [0.25, 0.3) is 11.3 Å². The van der Waals surface area contributed by atoms with Gasteiger partial charge in [-0.3, -0.25) is 14.8 Å². The van der Waals surface area contributed by atoms with Crippen molar-refractivity contribution in [2.75, 3.05) is 19.1 Å². The van der Waals surface area contributed by atoms with Gasteiger partial charge in [0.25, 0.3) is 5.91 Å². The van der Waals surface area contributed by atoms with Crippen molar-refractivity contribution in [3.63, 3.8) is 0 Å². The van der Waals surface area contributed by atoms with Gasteiger partial charge in [-0.1, -0.05) is 41.9 Å². The highest BCUT2D eigenvalue weighted by Crippen LogP contribution is 2.47. The van der Waals surface area contributed by atoms with Crippen LogP contribution in [-0.4, -0.2) is 30.3 Å². The second-order valence-corrected chi connectivity index (χ2v) is 7.83. The molecular weight excluding hydrogens is 426 g/mol. The van der Waals surface area contributed by atoms with E-state index in [4.69, 9.17) is 21.1 Å². The molecule has 7 heteroatoms. The highest BCUT2D eigenvalue weighted by Gasteiger charge is 2.44. The molecule has 1 amide bonds. The van der Waals surface area contributed by atoms with Gasteiger partial charge < -0.3 is 9.47 Å².